The van der Waals surface area contributed by atoms with Crippen molar-refractivity contribution in [3.8, 4) is 34.4 Å². The molecule has 6 aromatic rings. The van der Waals surface area contributed by atoms with Crippen molar-refractivity contribution in [3.63, 3.8) is 0 Å². The van der Waals surface area contributed by atoms with Gasteiger partial charge in [0, 0.05) is 56.4 Å². The number of imidazole rings is 1. The molecule has 10 nitrogen and oxygen atoms in total. The highest BCUT2D eigenvalue weighted by molar-refractivity contribution is 7.13. The number of aldehydes is 1. The van der Waals surface area contributed by atoms with Crippen LogP contribution in [0.5, 0.6) is 0 Å². The van der Waals surface area contributed by atoms with Crippen molar-refractivity contribution in [2.75, 3.05) is 39.0 Å². The van der Waals surface area contributed by atoms with E-state index in [0.717, 1.165) is 83.6 Å². The first-order chi connectivity index (χ1) is 23.0. The number of rotatable bonds is 6. The van der Waals surface area contributed by atoms with E-state index in [-0.39, 0.29) is 0 Å². The minimum atomic E-state index is 0.331. The second-order valence-electron chi connectivity index (χ2n) is 10.7. The number of nitriles is 1. The topological polar surface area (TPSA) is 130 Å². The van der Waals surface area contributed by atoms with Gasteiger partial charge in [-0.25, -0.2) is 19.9 Å². The Balaban J connectivity index is 0.000000339. The molecular weight excluding hydrogens is 607 g/mol. The molecule has 0 saturated carbocycles. The number of carbonyl (C=O) groups excluding carboxylic acids is 1. The van der Waals surface area contributed by atoms with Crippen LogP contribution in [0.2, 0.25) is 0 Å². The van der Waals surface area contributed by atoms with Gasteiger partial charge in [-0.3, -0.25) is 14.3 Å². The molecule has 0 aliphatic carbocycles. The Bertz CT molecular complexity index is 1950. The van der Waals surface area contributed by atoms with Gasteiger partial charge in [0.1, 0.15) is 17.4 Å². The van der Waals surface area contributed by atoms with Gasteiger partial charge in [-0.15, -0.1) is 11.3 Å². The van der Waals surface area contributed by atoms with Crippen molar-refractivity contribution in [2.45, 2.75) is 20.4 Å². The molecule has 11 heteroatoms. The molecule has 238 valence electrons. The van der Waals surface area contributed by atoms with Gasteiger partial charge in [-0.05, 0) is 49.0 Å². The Morgan fingerprint density at radius 2 is 1.66 bits per heavy atom. The lowest BCUT2D eigenvalue weighted by Crippen LogP contribution is -2.43. The van der Waals surface area contributed by atoms with Crippen molar-refractivity contribution in [1.82, 2.24) is 34.3 Å². The Hall–Kier alpha value is -5.28. The first kappa shape index (κ1) is 33.1. The number of anilines is 1. The van der Waals surface area contributed by atoms with Gasteiger partial charge < -0.3 is 10.6 Å². The third-order valence-corrected chi connectivity index (χ3v) is 8.41. The summed E-state index contributed by atoms with van der Waals surface area (Å²) in [6.07, 6.45) is 3.76. The molecule has 4 aromatic heterocycles. The Labute approximate surface area is 278 Å². The van der Waals surface area contributed by atoms with Crippen LogP contribution >= 0.6 is 11.3 Å². The van der Waals surface area contributed by atoms with Crippen LogP contribution in [0.4, 0.5) is 5.82 Å². The summed E-state index contributed by atoms with van der Waals surface area (Å²) in [5, 5.41) is 8.56. The average molecular weight is 644 g/mol. The Morgan fingerprint density at radius 3 is 2.30 bits per heavy atom. The molecule has 0 amide bonds. The summed E-state index contributed by atoms with van der Waals surface area (Å²) in [6.45, 7) is 9.38. The van der Waals surface area contributed by atoms with Gasteiger partial charge in [-0.2, -0.15) is 5.26 Å². The van der Waals surface area contributed by atoms with E-state index in [4.69, 9.17) is 21.0 Å². The molecule has 0 spiro atoms. The van der Waals surface area contributed by atoms with Gasteiger partial charge in [0.15, 0.2) is 22.8 Å². The van der Waals surface area contributed by atoms with Crippen LogP contribution in [0.15, 0.2) is 91.3 Å². The standard InChI is InChI=1S/C29H29N7.C5H2N2OS.C2H6/c1-34-16-18-35(19-17-34)20-21-9-11-23(12-10-21)36-28(24-8-5-15-31-27(24)30)33-26-14-13-25(32-29(26)36)22-6-3-2-4-7-22;6-1-5-7-2-4(3-8)9-5;1-2/h2-15H,16-20H2,1H3,(H2,30,31);2-3H;1-2H3. The quantitative estimate of drug-likeness (QED) is 0.207. The number of hydrogen-bond acceptors (Lipinski definition) is 10. The highest BCUT2D eigenvalue weighted by Crippen LogP contribution is 2.31. The lowest BCUT2D eigenvalue weighted by atomic mass is 10.1. The molecule has 47 heavy (non-hydrogen) atoms. The van der Waals surface area contributed by atoms with Gasteiger partial charge in [0.2, 0.25) is 0 Å². The van der Waals surface area contributed by atoms with Crippen molar-refractivity contribution in [1.29, 1.82) is 5.26 Å². The van der Waals surface area contributed by atoms with Gasteiger partial charge in [0.25, 0.3) is 0 Å². The number of piperazine rings is 1. The number of pyridine rings is 2. The summed E-state index contributed by atoms with van der Waals surface area (Å²) in [7, 11) is 2.19. The number of fused-ring (bicyclic) bond motifs is 1. The molecule has 7 rings (SSSR count). The number of thiazole rings is 1. The Morgan fingerprint density at radius 1 is 0.915 bits per heavy atom. The molecule has 0 bridgehead atoms. The molecule has 0 radical (unpaired) electrons. The highest BCUT2D eigenvalue weighted by atomic mass is 32.1. The normalized spacial score (nSPS) is 13.1. The van der Waals surface area contributed by atoms with Crippen LogP contribution in [0.1, 0.15) is 34.1 Å². The number of carbonyl (C=O) groups is 1. The summed E-state index contributed by atoms with van der Waals surface area (Å²) in [5.74, 6) is 1.18. The minimum absolute atomic E-state index is 0.331. The molecular formula is C36H37N9OS. The van der Waals surface area contributed by atoms with Crippen LogP contribution in [0.25, 0.3) is 39.5 Å². The molecule has 0 atom stereocenters. The van der Waals surface area contributed by atoms with Crippen molar-refractivity contribution < 1.29 is 4.79 Å². The van der Waals surface area contributed by atoms with Crippen molar-refractivity contribution in [2.24, 2.45) is 0 Å². The van der Waals surface area contributed by atoms with E-state index in [9.17, 15) is 4.79 Å². The molecule has 1 aliphatic rings. The zero-order valence-electron chi connectivity index (χ0n) is 26.7. The smallest absolute Gasteiger partial charge is 0.194 e. The maximum atomic E-state index is 10.00. The summed E-state index contributed by atoms with van der Waals surface area (Å²) < 4.78 is 2.09. The first-order valence-electron chi connectivity index (χ1n) is 15.5. The molecule has 1 aliphatic heterocycles. The number of hydrogen-bond donors (Lipinski definition) is 1. The minimum Gasteiger partial charge on any atom is -0.383 e. The van der Waals surface area contributed by atoms with E-state index in [2.05, 4.69) is 67.8 Å². The monoisotopic (exact) mass is 643 g/mol. The Kier molecular flexibility index (Phi) is 11.1. The van der Waals surface area contributed by atoms with Crippen LogP contribution in [0, 0.1) is 11.3 Å². The number of likely N-dealkylation sites (N-methyl/N-ethyl adjacent to an activating group) is 1. The third-order valence-electron chi connectivity index (χ3n) is 7.59. The van der Waals surface area contributed by atoms with E-state index in [0.29, 0.717) is 22.0 Å². The molecule has 0 unspecified atom stereocenters. The lowest BCUT2D eigenvalue weighted by molar-refractivity contribution is 0.112. The van der Waals surface area contributed by atoms with Gasteiger partial charge in [0.05, 0.1) is 16.1 Å². The average Bonchev–Trinajstić information content (AvgIpc) is 3.76. The lowest BCUT2D eigenvalue weighted by Gasteiger charge is -2.32. The van der Waals surface area contributed by atoms with Gasteiger partial charge >= 0.3 is 0 Å². The number of benzene rings is 2. The van der Waals surface area contributed by atoms with E-state index >= 15 is 0 Å². The zero-order chi connectivity index (χ0) is 33.2. The van der Waals surface area contributed by atoms with E-state index in [1.54, 1.807) is 6.20 Å². The summed E-state index contributed by atoms with van der Waals surface area (Å²) in [4.78, 5) is 33.3. The van der Waals surface area contributed by atoms with Crippen LogP contribution in [-0.4, -0.2) is 73.8 Å². The fourth-order valence-electron chi connectivity index (χ4n) is 5.17. The third kappa shape index (κ3) is 7.93. The van der Waals surface area contributed by atoms with E-state index in [1.807, 2.05) is 62.4 Å². The van der Waals surface area contributed by atoms with E-state index in [1.165, 1.54) is 11.8 Å². The highest BCUT2D eigenvalue weighted by Gasteiger charge is 2.19. The first-order valence-corrected chi connectivity index (χ1v) is 16.3. The van der Waals surface area contributed by atoms with Crippen molar-refractivity contribution >= 4 is 34.6 Å². The van der Waals surface area contributed by atoms with Gasteiger partial charge in [-0.1, -0.05) is 56.3 Å². The summed E-state index contributed by atoms with van der Waals surface area (Å²) >= 11 is 1.09. The number of nitrogen functional groups attached to an aromatic ring is 1. The maximum absolute atomic E-state index is 10.00. The molecule has 1 fully saturated rings. The zero-order valence-corrected chi connectivity index (χ0v) is 27.6. The predicted octanol–water partition coefficient (Wildman–Crippen LogP) is 6.33. The largest absolute Gasteiger partial charge is 0.383 e. The fourth-order valence-corrected chi connectivity index (χ4v) is 5.69. The number of nitrogens with two attached hydrogens (primary N) is 1. The SMILES string of the molecule is CC.CN1CCN(Cc2ccc(-n3c(-c4cccnc4N)nc4ccc(-c5ccccc5)nc43)cc2)CC1.N#Cc1ncc(C=O)s1. The van der Waals surface area contributed by atoms with E-state index < -0.39 is 0 Å². The molecule has 2 N–H and O–H groups in total. The fraction of sp³-hybridized carbons (Fsp3) is 0.222. The van der Waals surface area contributed by atoms with Crippen LogP contribution < -0.4 is 5.73 Å². The van der Waals surface area contributed by atoms with Crippen LogP contribution in [0.3, 0.4) is 0 Å². The molecule has 2 aromatic carbocycles. The molecule has 1 saturated heterocycles. The number of aromatic nitrogens is 5. The van der Waals surface area contributed by atoms with Crippen molar-refractivity contribution in [3.05, 3.63) is 107 Å². The summed E-state index contributed by atoms with van der Waals surface area (Å²) in [5.41, 5.74) is 13.0. The summed E-state index contributed by atoms with van der Waals surface area (Å²) in [6, 6.07) is 28.6. The predicted molar refractivity (Wildman–Crippen MR) is 188 cm³/mol. The second kappa shape index (κ2) is 15.8. The second-order valence-corrected chi connectivity index (χ2v) is 11.7. The maximum Gasteiger partial charge on any atom is 0.194 e. The van der Waals surface area contributed by atoms with Crippen LogP contribution in [-0.2, 0) is 6.54 Å². The number of nitrogens with zero attached hydrogens (tertiary/aromatic N) is 8. The molecule has 5 heterocycles.